The van der Waals surface area contributed by atoms with Gasteiger partial charge in [-0.25, -0.2) is 9.67 Å². The van der Waals surface area contributed by atoms with Crippen molar-refractivity contribution in [3.8, 4) is 17.1 Å². The SMILES string of the molecule is Cc1cc2cc(n1)-c1cnn(C)c1OCCCC(C)Cn1c(nc3ccc(C=O)cc31)NC2=O. The molecule has 9 nitrogen and oxygen atoms in total. The van der Waals surface area contributed by atoms with Crippen LogP contribution in [0.2, 0.25) is 0 Å². The smallest absolute Gasteiger partial charge is 0.258 e. The zero-order valence-electron chi connectivity index (χ0n) is 19.4. The fourth-order valence-electron chi connectivity index (χ4n) is 4.38. The lowest BCUT2D eigenvalue weighted by Crippen LogP contribution is -2.18. The van der Waals surface area contributed by atoms with Crippen LogP contribution in [0.5, 0.6) is 5.88 Å². The van der Waals surface area contributed by atoms with Crippen molar-refractivity contribution >= 4 is 29.2 Å². The average molecular weight is 459 g/mol. The maximum Gasteiger partial charge on any atom is 0.258 e. The Morgan fingerprint density at radius 1 is 1.21 bits per heavy atom. The number of amides is 1. The lowest BCUT2D eigenvalue weighted by molar-refractivity contribution is 0.102. The Balaban J connectivity index is 1.62. The number of fused-ring (bicyclic) bond motifs is 7. The minimum Gasteiger partial charge on any atom is -0.477 e. The lowest BCUT2D eigenvalue weighted by atomic mass is 10.1. The van der Waals surface area contributed by atoms with E-state index in [-0.39, 0.29) is 11.8 Å². The highest BCUT2D eigenvalue weighted by Gasteiger charge is 2.20. The van der Waals surface area contributed by atoms with E-state index >= 15 is 0 Å². The van der Waals surface area contributed by atoms with Gasteiger partial charge in [-0.05, 0) is 56.0 Å². The minimum atomic E-state index is -0.284. The van der Waals surface area contributed by atoms with Crippen LogP contribution in [0.15, 0.2) is 36.5 Å². The molecule has 4 aromatic rings. The van der Waals surface area contributed by atoms with Crippen molar-refractivity contribution in [2.45, 2.75) is 33.2 Å². The monoisotopic (exact) mass is 458 g/mol. The Morgan fingerprint density at radius 2 is 2.06 bits per heavy atom. The van der Waals surface area contributed by atoms with Gasteiger partial charge in [0.15, 0.2) is 0 Å². The van der Waals surface area contributed by atoms with E-state index in [2.05, 4.69) is 27.3 Å². The molecule has 34 heavy (non-hydrogen) atoms. The molecule has 1 atom stereocenters. The quantitative estimate of drug-likeness (QED) is 0.432. The average Bonchev–Trinajstić information content (AvgIpc) is 3.35. The molecule has 2 bridgehead atoms. The molecule has 5 rings (SSSR count). The van der Waals surface area contributed by atoms with E-state index in [1.54, 1.807) is 35.1 Å². The number of hydrogen-bond donors (Lipinski definition) is 1. The van der Waals surface area contributed by atoms with E-state index in [0.29, 0.717) is 47.5 Å². The molecule has 1 unspecified atom stereocenters. The number of aryl methyl sites for hydroxylation is 2. The summed E-state index contributed by atoms with van der Waals surface area (Å²) in [4.78, 5) is 34.0. The summed E-state index contributed by atoms with van der Waals surface area (Å²) in [6.07, 6.45) is 4.30. The van der Waals surface area contributed by atoms with Gasteiger partial charge in [0.25, 0.3) is 5.91 Å². The van der Waals surface area contributed by atoms with Gasteiger partial charge in [-0.1, -0.05) is 6.92 Å². The minimum absolute atomic E-state index is 0.284. The Kier molecular flexibility index (Phi) is 5.61. The predicted molar refractivity (Wildman–Crippen MR) is 128 cm³/mol. The molecule has 0 spiro atoms. The molecule has 0 aliphatic carbocycles. The fraction of sp³-hybridized carbons (Fsp3) is 0.320. The summed E-state index contributed by atoms with van der Waals surface area (Å²) in [6, 6.07) is 8.84. The molecule has 3 aromatic heterocycles. The van der Waals surface area contributed by atoms with Gasteiger partial charge in [0.1, 0.15) is 6.29 Å². The van der Waals surface area contributed by atoms with Crippen molar-refractivity contribution < 1.29 is 14.3 Å². The largest absolute Gasteiger partial charge is 0.477 e. The second-order valence-corrected chi connectivity index (χ2v) is 8.83. The van der Waals surface area contributed by atoms with Gasteiger partial charge in [0.2, 0.25) is 11.8 Å². The summed E-state index contributed by atoms with van der Waals surface area (Å²) in [5.41, 5.74) is 4.66. The second-order valence-electron chi connectivity index (χ2n) is 8.83. The van der Waals surface area contributed by atoms with Crippen molar-refractivity contribution in [2.75, 3.05) is 11.9 Å². The highest BCUT2D eigenvalue weighted by atomic mass is 16.5. The lowest BCUT2D eigenvalue weighted by Gasteiger charge is -2.16. The van der Waals surface area contributed by atoms with Crippen LogP contribution in [0, 0.1) is 12.8 Å². The van der Waals surface area contributed by atoms with Crippen LogP contribution in [0.3, 0.4) is 0 Å². The zero-order valence-corrected chi connectivity index (χ0v) is 19.4. The summed E-state index contributed by atoms with van der Waals surface area (Å²) in [6.45, 7) is 5.19. The van der Waals surface area contributed by atoms with Crippen molar-refractivity contribution in [1.82, 2.24) is 24.3 Å². The molecule has 0 fully saturated rings. The van der Waals surface area contributed by atoms with Crippen LogP contribution in [0.4, 0.5) is 5.95 Å². The first-order chi connectivity index (χ1) is 16.4. The first kappa shape index (κ1) is 21.8. The molecular weight excluding hydrogens is 432 g/mol. The van der Waals surface area contributed by atoms with Gasteiger partial charge in [-0.15, -0.1) is 0 Å². The van der Waals surface area contributed by atoms with Crippen LogP contribution in [-0.2, 0) is 13.6 Å². The number of aromatic nitrogens is 5. The van der Waals surface area contributed by atoms with E-state index in [1.165, 1.54) is 0 Å². The van der Waals surface area contributed by atoms with Gasteiger partial charge in [-0.3, -0.25) is 19.9 Å². The molecule has 1 N–H and O–H groups in total. The number of pyridine rings is 1. The molecular formula is C25H26N6O3. The molecule has 0 saturated heterocycles. The number of anilines is 1. The third kappa shape index (κ3) is 4.05. The predicted octanol–water partition coefficient (Wildman–Crippen LogP) is 4.01. The summed E-state index contributed by atoms with van der Waals surface area (Å²) >= 11 is 0. The number of ether oxygens (including phenoxy) is 1. The number of nitrogens with one attached hydrogen (secondary N) is 1. The van der Waals surface area contributed by atoms with Crippen LogP contribution in [0.25, 0.3) is 22.3 Å². The van der Waals surface area contributed by atoms with Crippen LogP contribution < -0.4 is 10.1 Å². The van der Waals surface area contributed by atoms with Crippen LogP contribution in [0.1, 0.15) is 46.2 Å². The van der Waals surface area contributed by atoms with Gasteiger partial charge < -0.3 is 9.30 Å². The molecule has 174 valence electrons. The van der Waals surface area contributed by atoms with Crippen LogP contribution >= 0.6 is 0 Å². The molecule has 0 radical (unpaired) electrons. The molecule has 0 saturated carbocycles. The summed E-state index contributed by atoms with van der Waals surface area (Å²) in [5.74, 6) is 1.09. The maximum atomic E-state index is 13.3. The highest BCUT2D eigenvalue weighted by Crippen LogP contribution is 2.30. The molecule has 1 aliphatic heterocycles. The van der Waals surface area contributed by atoms with Crippen LogP contribution in [-0.4, -0.2) is 43.1 Å². The Hall–Kier alpha value is -4.01. The molecule has 1 aliphatic rings. The van der Waals surface area contributed by atoms with Crippen molar-refractivity contribution in [3.05, 3.63) is 53.3 Å². The first-order valence-corrected chi connectivity index (χ1v) is 11.3. The fourth-order valence-corrected chi connectivity index (χ4v) is 4.38. The number of rotatable bonds is 1. The number of hydrogen-bond acceptors (Lipinski definition) is 6. The van der Waals surface area contributed by atoms with Crippen molar-refractivity contribution in [3.63, 3.8) is 0 Å². The molecule has 9 heteroatoms. The summed E-state index contributed by atoms with van der Waals surface area (Å²) in [7, 11) is 1.83. The Bertz CT molecular complexity index is 1400. The molecule has 4 heterocycles. The normalized spacial score (nSPS) is 16.6. The van der Waals surface area contributed by atoms with E-state index in [1.807, 2.05) is 24.6 Å². The number of imidazole rings is 1. The summed E-state index contributed by atoms with van der Waals surface area (Å²) in [5, 5.41) is 7.33. The molecule has 1 amide bonds. The van der Waals surface area contributed by atoms with Gasteiger partial charge >= 0.3 is 0 Å². The number of carbonyl (C=O) groups is 2. The third-order valence-corrected chi connectivity index (χ3v) is 6.08. The standard InChI is InChI=1S/C25H26N6O3/c1-15-5-4-8-34-24-19(12-26-30(24)3)21-11-18(9-16(2)27-21)23(33)29-25-28-20-7-6-17(14-32)10-22(20)31(25)13-15/h6-7,9-12,14-15H,4-5,8,13H2,1-3H3,(H,28,29,33). The Labute approximate surface area is 196 Å². The van der Waals surface area contributed by atoms with Gasteiger partial charge in [0.05, 0.1) is 35.1 Å². The van der Waals surface area contributed by atoms with E-state index < -0.39 is 0 Å². The van der Waals surface area contributed by atoms with Gasteiger partial charge in [0, 0.05) is 30.4 Å². The van der Waals surface area contributed by atoms with Gasteiger partial charge in [-0.2, -0.15) is 5.10 Å². The maximum absolute atomic E-state index is 13.3. The third-order valence-electron chi connectivity index (χ3n) is 6.08. The van der Waals surface area contributed by atoms with E-state index in [4.69, 9.17) is 4.74 Å². The zero-order chi connectivity index (χ0) is 23.8. The highest BCUT2D eigenvalue weighted by molar-refractivity contribution is 6.05. The first-order valence-electron chi connectivity index (χ1n) is 11.3. The van der Waals surface area contributed by atoms with E-state index in [0.717, 1.165) is 35.7 Å². The van der Waals surface area contributed by atoms with Crippen molar-refractivity contribution in [1.29, 1.82) is 0 Å². The van der Waals surface area contributed by atoms with E-state index in [9.17, 15) is 9.59 Å². The number of carbonyl (C=O) groups excluding carboxylic acids is 2. The number of aldehydes is 1. The Morgan fingerprint density at radius 3 is 2.88 bits per heavy atom. The topological polar surface area (TPSA) is 104 Å². The van der Waals surface area contributed by atoms with Crippen molar-refractivity contribution in [2.24, 2.45) is 13.0 Å². The number of benzene rings is 1. The second kappa shape index (κ2) is 8.74. The molecule has 1 aromatic carbocycles. The summed E-state index contributed by atoms with van der Waals surface area (Å²) < 4.78 is 9.78. The number of nitrogens with zero attached hydrogens (tertiary/aromatic N) is 5.